The minimum atomic E-state index is -0.638. The zero-order chi connectivity index (χ0) is 25.0. The number of para-hydroxylation sites is 1. The molecule has 3 N–H and O–H groups in total. The number of carbonyl (C=O) groups is 1. The smallest absolute Gasteiger partial charge is 0.311 e. The zero-order valence-electron chi connectivity index (χ0n) is 19.7. The Hall–Kier alpha value is -3.59. The van der Waals surface area contributed by atoms with Crippen LogP contribution in [0.25, 0.3) is 11.0 Å². The van der Waals surface area contributed by atoms with Crippen molar-refractivity contribution in [3.63, 3.8) is 0 Å². The number of H-pyrrole nitrogens is 1. The highest BCUT2D eigenvalue weighted by Crippen LogP contribution is 2.22. The quantitative estimate of drug-likeness (QED) is 0.258. The summed E-state index contributed by atoms with van der Waals surface area (Å²) in [6, 6.07) is 10.5. The Labute approximate surface area is 207 Å². The normalized spacial score (nSPS) is 12.5. The number of carbonyl (C=O) groups excluding carboxylic acids is 1. The number of aromatic amines is 1. The van der Waals surface area contributed by atoms with E-state index >= 15 is 0 Å². The molecule has 0 saturated heterocycles. The highest BCUT2D eigenvalue weighted by molar-refractivity contribution is 6.30. The van der Waals surface area contributed by atoms with E-state index in [1.54, 1.807) is 33.0 Å². The molecule has 1 unspecified atom stereocenters. The summed E-state index contributed by atoms with van der Waals surface area (Å²) in [5.41, 5.74) is 2.63. The Balaban J connectivity index is 1.53. The van der Waals surface area contributed by atoms with Gasteiger partial charge >= 0.3 is 5.97 Å². The molecule has 0 aliphatic rings. The van der Waals surface area contributed by atoms with Crippen LogP contribution in [-0.2, 0) is 22.5 Å². The van der Waals surface area contributed by atoms with Gasteiger partial charge < -0.3 is 24.8 Å². The van der Waals surface area contributed by atoms with Crippen LogP contribution in [0.2, 0.25) is 5.02 Å². The van der Waals surface area contributed by atoms with Crippen LogP contribution in [0.15, 0.2) is 53.3 Å². The minimum Gasteiger partial charge on any atom is -0.463 e. The first-order valence-electron chi connectivity index (χ1n) is 11.2. The van der Waals surface area contributed by atoms with Crippen molar-refractivity contribution in [2.75, 3.05) is 17.2 Å². The second-order valence-corrected chi connectivity index (χ2v) is 9.64. The molecule has 4 rings (SSSR count). The summed E-state index contributed by atoms with van der Waals surface area (Å²) in [6.45, 7) is 5.92. The Morgan fingerprint density at radius 1 is 1.29 bits per heavy atom. The summed E-state index contributed by atoms with van der Waals surface area (Å²) in [5.74, 6) is -0.313. The first-order valence-corrected chi connectivity index (χ1v) is 11.6. The fourth-order valence-corrected chi connectivity index (χ4v) is 3.59. The van der Waals surface area contributed by atoms with Crippen LogP contribution in [0, 0.1) is 11.2 Å². The second kappa shape index (κ2) is 10.4. The lowest BCUT2D eigenvalue weighted by molar-refractivity contribution is -0.153. The highest BCUT2D eigenvalue weighted by Gasteiger charge is 2.25. The highest BCUT2D eigenvalue weighted by atomic mass is 35.5. The summed E-state index contributed by atoms with van der Waals surface area (Å²) in [5, 5.41) is 6.48. The van der Waals surface area contributed by atoms with Crippen LogP contribution in [0.4, 0.5) is 16.4 Å². The Bertz CT molecular complexity index is 1300. The van der Waals surface area contributed by atoms with Crippen molar-refractivity contribution >= 4 is 40.6 Å². The van der Waals surface area contributed by atoms with Gasteiger partial charge in [0.05, 0.1) is 33.7 Å². The molecule has 0 saturated carbocycles. The van der Waals surface area contributed by atoms with Crippen LogP contribution in [0.1, 0.15) is 31.9 Å². The third-order valence-electron chi connectivity index (χ3n) is 5.29. The minimum absolute atomic E-state index is 0.0561. The van der Waals surface area contributed by atoms with Gasteiger partial charge in [-0.15, -0.1) is 0 Å². The predicted octanol–water partition coefficient (Wildman–Crippen LogP) is 5.57. The number of fused-ring (bicyclic) bond motifs is 1. The number of benzene rings is 2. The van der Waals surface area contributed by atoms with E-state index in [1.807, 2.05) is 18.2 Å². The summed E-state index contributed by atoms with van der Waals surface area (Å²) in [7, 11) is 0. The van der Waals surface area contributed by atoms with Crippen LogP contribution in [-0.4, -0.2) is 33.6 Å². The van der Waals surface area contributed by atoms with Gasteiger partial charge in [-0.3, -0.25) is 4.79 Å². The number of rotatable bonds is 9. The van der Waals surface area contributed by atoms with E-state index in [9.17, 15) is 9.18 Å². The third kappa shape index (κ3) is 6.30. The third-order valence-corrected chi connectivity index (χ3v) is 5.60. The van der Waals surface area contributed by atoms with Gasteiger partial charge in [0, 0.05) is 6.54 Å². The number of nitrogens with one attached hydrogen (secondary N) is 3. The molecule has 0 aliphatic heterocycles. The predicted molar refractivity (Wildman–Crippen MR) is 133 cm³/mol. The molecule has 10 heteroatoms. The van der Waals surface area contributed by atoms with Gasteiger partial charge in [0.25, 0.3) is 6.01 Å². The molecular formula is C25H27ClFN5O3. The fraction of sp³-hybridized carbons (Fsp3) is 0.320. The molecule has 0 fully saturated rings. The second-order valence-electron chi connectivity index (χ2n) is 9.23. The van der Waals surface area contributed by atoms with E-state index in [4.69, 9.17) is 25.7 Å². The van der Waals surface area contributed by atoms with Gasteiger partial charge in [0.15, 0.2) is 0 Å². The number of aromatic nitrogens is 3. The standard InChI is InChI=1S/C25H27ClFN5O3/c1-25(2,3)22(33)35-14-17(11-15-7-8-18(26)19(27)12-15)30-23-31-20-6-4-5-16(21(20)32-23)13-29-24-28-9-10-34-24/h4-10,12,17H,11,13-14H2,1-3H3,(H,28,29)(H2,30,31,32). The first-order chi connectivity index (χ1) is 16.7. The average molecular weight is 500 g/mol. The van der Waals surface area contributed by atoms with Crippen molar-refractivity contribution in [2.45, 2.75) is 39.8 Å². The first kappa shape index (κ1) is 24.5. The largest absolute Gasteiger partial charge is 0.463 e. The number of esters is 1. The fourth-order valence-electron chi connectivity index (χ4n) is 3.47. The molecule has 2 heterocycles. The van der Waals surface area contributed by atoms with Crippen molar-refractivity contribution < 1.29 is 18.3 Å². The molecule has 2 aromatic heterocycles. The van der Waals surface area contributed by atoms with Crippen molar-refractivity contribution in [3.05, 3.63) is 70.8 Å². The molecule has 0 amide bonds. The van der Waals surface area contributed by atoms with E-state index in [2.05, 4.69) is 20.6 Å². The topological polar surface area (TPSA) is 105 Å². The van der Waals surface area contributed by atoms with Crippen molar-refractivity contribution in [2.24, 2.45) is 5.41 Å². The lowest BCUT2D eigenvalue weighted by atomic mass is 9.97. The lowest BCUT2D eigenvalue weighted by Gasteiger charge is -2.22. The lowest BCUT2D eigenvalue weighted by Crippen LogP contribution is -2.33. The molecule has 35 heavy (non-hydrogen) atoms. The van der Waals surface area contributed by atoms with Gasteiger partial charge in [0.1, 0.15) is 18.7 Å². The van der Waals surface area contributed by atoms with Gasteiger partial charge in [-0.1, -0.05) is 29.8 Å². The van der Waals surface area contributed by atoms with E-state index in [-0.39, 0.29) is 23.6 Å². The van der Waals surface area contributed by atoms with E-state index < -0.39 is 11.2 Å². The van der Waals surface area contributed by atoms with Crippen LogP contribution >= 0.6 is 11.6 Å². The number of nitrogens with zero attached hydrogens (tertiary/aromatic N) is 2. The molecule has 184 valence electrons. The molecular weight excluding hydrogens is 473 g/mol. The summed E-state index contributed by atoms with van der Waals surface area (Å²) in [6.07, 6.45) is 3.46. The van der Waals surface area contributed by atoms with Gasteiger partial charge in [0.2, 0.25) is 5.95 Å². The van der Waals surface area contributed by atoms with Gasteiger partial charge in [-0.05, 0) is 56.5 Å². The molecule has 0 bridgehead atoms. The number of oxazole rings is 1. The van der Waals surface area contributed by atoms with Crippen molar-refractivity contribution in [3.8, 4) is 0 Å². The number of ether oxygens (including phenoxy) is 1. The summed E-state index contributed by atoms with van der Waals surface area (Å²) < 4.78 is 24.8. The SMILES string of the molecule is CC(C)(C)C(=O)OCC(Cc1ccc(Cl)c(F)c1)Nc1nc2c(CNc3ncco3)cccc2[nH]1. The van der Waals surface area contributed by atoms with Gasteiger partial charge in [-0.25, -0.2) is 14.4 Å². The maximum Gasteiger partial charge on any atom is 0.311 e. The summed E-state index contributed by atoms with van der Waals surface area (Å²) >= 11 is 5.83. The number of halogens is 2. The molecule has 4 aromatic rings. The Morgan fingerprint density at radius 3 is 2.83 bits per heavy atom. The van der Waals surface area contributed by atoms with E-state index in [0.29, 0.717) is 30.5 Å². The van der Waals surface area contributed by atoms with Crippen molar-refractivity contribution in [1.29, 1.82) is 0 Å². The number of anilines is 2. The van der Waals surface area contributed by atoms with Crippen LogP contribution < -0.4 is 10.6 Å². The molecule has 8 nitrogen and oxygen atoms in total. The zero-order valence-corrected chi connectivity index (χ0v) is 20.4. The maximum atomic E-state index is 14.0. The van der Waals surface area contributed by atoms with Crippen LogP contribution in [0.5, 0.6) is 0 Å². The van der Waals surface area contributed by atoms with E-state index in [1.165, 1.54) is 18.4 Å². The Kier molecular flexibility index (Phi) is 7.25. The molecule has 2 aromatic carbocycles. The maximum absolute atomic E-state index is 14.0. The van der Waals surface area contributed by atoms with Gasteiger partial charge in [-0.2, -0.15) is 0 Å². The van der Waals surface area contributed by atoms with Crippen molar-refractivity contribution in [1.82, 2.24) is 15.0 Å². The monoisotopic (exact) mass is 499 g/mol. The molecule has 0 aliphatic carbocycles. The summed E-state index contributed by atoms with van der Waals surface area (Å²) in [4.78, 5) is 24.4. The van der Waals surface area contributed by atoms with E-state index in [0.717, 1.165) is 16.6 Å². The number of imidazole rings is 1. The molecule has 0 radical (unpaired) electrons. The number of hydrogen-bond acceptors (Lipinski definition) is 7. The van der Waals surface area contributed by atoms with Crippen LogP contribution in [0.3, 0.4) is 0 Å². The Morgan fingerprint density at radius 2 is 2.11 bits per heavy atom. The molecule has 0 spiro atoms. The average Bonchev–Trinajstić information content (AvgIpc) is 3.47. The molecule has 1 atom stereocenters. The number of hydrogen-bond donors (Lipinski definition) is 3.